The van der Waals surface area contributed by atoms with Gasteiger partial charge in [0.25, 0.3) is 5.91 Å². The summed E-state index contributed by atoms with van der Waals surface area (Å²) in [6.45, 7) is 0. The van der Waals surface area contributed by atoms with Gasteiger partial charge in [-0.1, -0.05) is 18.2 Å². The molecule has 12 nitrogen and oxygen atoms in total. The lowest BCUT2D eigenvalue weighted by molar-refractivity contribution is 0.102. The number of benzene rings is 2. The maximum atomic E-state index is 14.7. The Kier molecular flexibility index (Phi) is 7.06. The first kappa shape index (κ1) is 28.9. The molecule has 1 unspecified atom stereocenters. The summed E-state index contributed by atoms with van der Waals surface area (Å²) in [5.74, 6) is -0.538. The van der Waals surface area contributed by atoms with Crippen LogP contribution in [0.4, 0.5) is 10.1 Å². The third kappa shape index (κ3) is 5.46. The van der Waals surface area contributed by atoms with Crippen molar-refractivity contribution in [1.82, 2.24) is 35.1 Å². The highest BCUT2D eigenvalue weighted by molar-refractivity contribution is 7.90. The highest BCUT2D eigenvalue weighted by Crippen LogP contribution is 2.33. The van der Waals surface area contributed by atoms with Crippen molar-refractivity contribution in [3.8, 4) is 33.9 Å². The predicted molar refractivity (Wildman–Crippen MR) is 172 cm³/mol. The molecule has 0 saturated carbocycles. The first-order valence-corrected chi connectivity index (χ1v) is 15.9. The number of anilines is 1. The number of H-pyrrole nitrogens is 2. The Morgan fingerprint density at radius 3 is 2.59 bits per heavy atom. The largest absolute Gasteiger partial charge is 0.321 e. The number of imidazole rings is 1. The lowest BCUT2D eigenvalue weighted by atomic mass is 10.0. The van der Waals surface area contributed by atoms with Crippen molar-refractivity contribution in [2.45, 2.75) is 5.37 Å². The first-order chi connectivity index (χ1) is 22.1. The average molecular weight is 634 g/mol. The van der Waals surface area contributed by atoms with Gasteiger partial charge in [0.05, 0.1) is 23.1 Å². The number of hydrogen-bond acceptors (Lipinski definition) is 9. The number of hydrogen-bond donors (Lipinski definition) is 4. The number of nitrogens with one attached hydrogen (secondary N) is 3. The van der Waals surface area contributed by atoms with Gasteiger partial charge in [0.2, 0.25) is 0 Å². The molecule has 5 aromatic heterocycles. The highest BCUT2D eigenvalue weighted by Gasteiger charge is 2.22. The van der Waals surface area contributed by atoms with E-state index < -0.39 is 21.0 Å². The van der Waals surface area contributed by atoms with Crippen LogP contribution >= 0.6 is 0 Å². The molecule has 0 saturated heterocycles. The molecule has 0 spiro atoms. The third-order valence-corrected chi connectivity index (χ3v) is 8.56. The number of sulfone groups is 1. The smallest absolute Gasteiger partial charge is 0.255 e. The van der Waals surface area contributed by atoms with Gasteiger partial charge in [0, 0.05) is 35.3 Å². The SMILES string of the molecule is CS(=O)(=O)C(N)c1cc(F)cc(-c2ccnc3[nH]c(-c4n[nH]c5ccc(-c6cncc(NC(=O)c7ccccc7)c6)nc45)nc23)c1. The van der Waals surface area contributed by atoms with Gasteiger partial charge in [-0.05, 0) is 65.7 Å². The number of aromatic amines is 2. The van der Waals surface area contributed by atoms with E-state index in [1.54, 1.807) is 48.8 Å². The van der Waals surface area contributed by atoms with Gasteiger partial charge in [0.15, 0.2) is 27.0 Å². The topological polar surface area (TPSA) is 185 Å². The zero-order valence-corrected chi connectivity index (χ0v) is 24.9. The van der Waals surface area contributed by atoms with E-state index in [9.17, 15) is 17.6 Å². The van der Waals surface area contributed by atoms with Crippen LogP contribution in [-0.2, 0) is 9.84 Å². The molecule has 0 bridgehead atoms. The number of rotatable bonds is 7. The molecular formula is C32H24FN9O3S. The second-order valence-electron chi connectivity index (χ2n) is 10.6. The van der Waals surface area contributed by atoms with E-state index in [4.69, 9.17) is 15.7 Å². The molecule has 1 atom stereocenters. The first-order valence-electron chi connectivity index (χ1n) is 13.9. The molecular weight excluding hydrogens is 609 g/mol. The van der Waals surface area contributed by atoms with Crippen LogP contribution in [0.3, 0.4) is 0 Å². The summed E-state index contributed by atoms with van der Waals surface area (Å²) in [7, 11) is -3.67. The van der Waals surface area contributed by atoms with E-state index in [1.165, 1.54) is 18.3 Å². The van der Waals surface area contributed by atoms with E-state index >= 15 is 0 Å². The van der Waals surface area contributed by atoms with E-state index in [0.29, 0.717) is 67.4 Å². The number of nitrogens with two attached hydrogens (primary N) is 1. The van der Waals surface area contributed by atoms with Crippen LogP contribution < -0.4 is 11.1 Å². The van der Waals surface area contributed by atoms with Crippen molar-refractivity contribution in [3.05, 3.63) is 108 Å². The van der Waals surface area contributed by atoms with Gasteiger partial charge in [-0.2, -0.15) is 5.10 Å². The van der Waals surface area contributed by atoms with E-state index in [0.717, 1.165) is 12.3 Å². The molecule has 2 aromatic carbocycles. The lowest BCUT2D eigenvalue weighted by Crippen LogP contribution is -2.20. The number of carbonyl (C=O) groups is 1. The monoisotopic (exact) mass is 633 g/mol. The highest BCUT2D eigenvalue weighted by atomic mass is 32.2. The molecule has 7 aromatic rings. The molecule has 0 aliphatic heterocycles. The summed E-state index contributed by atoms with van der Waals surface area (Å²) >= 11 is 0. The minimum atomic E-state index is -3.67. The zero-order chi connectivity index (χ0) is 32.0. The molecule has 46 heavy (non-hydrogen) atoms. The van der Waals surface area contributed by atoms with Gasteiger partial charge < -0.3 is 16.0 Å². The van der Waals surface area contributed by atoms with Crippen LogP contribution in [-0.4, -0.2) is 55.7 Å². The van der Waals surface area contributed by atoms with Gasteiger partial charge >= 0.3 is 0 Å². The summed E-state index contributed by atoms with van der Waals surface area (Å²) in [6.07, 6.45) is 5.74. The van der Waals surface area contributed by atoms with Crippen LogP contribution in [0.5, 0.6) is 0 Å². The number of nitrogens with zero attached hydrogens (tertiary/aromatic N) is 5. The molecule has 7 rings (SSSR count). The quantitative estimate of drug-likeness (QED) is 0.187. The predicted octanol–water partition coefficient (Wildman–Crippen LogP) is 5.02. The van der Waals surface area contributed by atoms with Crippen molar-refractivity contribution in [1.29, 1.82) is 0 Å². The fourth-order valence-corrected chi connectivity index (χ4v) is 5.73. The fourth-order valence-electron chi connectivity index (χ4n) is 5.10. The number of pyridine rings is 3. The number of halogens is 1. The molecule has 0 fully saturated rings. The number of fused-ring (bicyclic) bond motifs is 2. The van der Waals surface area contributed by atoms with Gasteiger partial charge in [-0.25, -0.2) is 27.8 Å². The van der Waals surface area contributed by atoms with E-state index in [1.807, 2.05) is 18.2 Å². The Labute approximate surface area is 260 Å². The van der Waals surface area contributed by atoms with Crippen LogP contribution in [0.1, 0.15) is 21.3 Å². The maximum Gasteiger partial charge on any atom is 0.255 e. The van der Waals surface area contributed by atoms with E-state index in [-0.39, 0.29) is 11.5 Å². The van der Waals surface area contributed by atoms with Crippen LogP contribution in [0, 0.1) is 5.82 Å². The Morgan fingerprint density at radius 2 is 1.78 bits per heavy atom. The molecule has 14 heteroatoms. The second kappa shape index (κ2) is 11.3. The molecule has 0 radical (unpaired) electrons. The zero-order valence-electron chi connectivity index (χ0n) is 24.1. The summed E-state index contributed by atoms with van der Waals surface area (Å²) in [4.78, 5) is 34.1. The summed E-state index contributed by atoms with van der Waals surface area (Å²) in [5.41, 5.74) is 11.6. The molecule has 228 valence electrons. The minimum Gasteiger partial charge on any atom is -0.321 e. The van der Waals surface area contributed by atoms with Crippen molar-refractivity contribution in [3.63, 3.8) is 0 Å². The van der Waals surface area contributed by atoms with Crippen molar-refractivity contribution < 1.29 is 17.6 Å². The number of aromatic nitrogens is 7. The molecule has 5 N–H and O–H groups in total. The Morgan fingerprint density at radius 1 is 0.957 bits per heavy atom. The van der Waals surface area contributed by atoms with Crippen molar-refractivity contribution in [2.75, 3.05) is 11.6 Å². The number of amides is 1. The maximum absolute atomic E-state index is 14.7. The summed E-state index contributed by atoms with van der Waals surface area (Å²) in [6, 6.07) is 19.9. The number of carbonyl (C=O) groups excluding carboxylic acids is 1. The molecule has 0 aliphatic carbocycles. The standard InChI is InChI=1S/C32H24FN9O3S/c1-46(44,45)29(34)19-11-18(12-21(33)13-19)23-9-10-36-30-26(23)39-31(40-30)28-27-25(41-42-28)8-7-24(38-27)20-14-22(16-35-15-20)37-32(43)17-5-3-2-4-6-17/h2-16,29H,34H2,1H3,(H,37,43)(H,41,42)(H,36,39,40). The fraction of sp³-hybridized carbons (Fsp3) is 0.0625. The second-order valence-corrected chi connectivity index (χ2v) is 12.8. The lowest BCUT2D eigenvalue weighted by Gasteiger charge is -2.12. The Balaban J connectivity index is 1.25. The average Bonchev–Trinajstić information content (AvgIpc) is 3.68. The molecule has 1 amide bonds. The Hall–Kier alpha value is -5.86. The van der Waals surface area contributed by atoms with Gasteiger partial charge in [-0.3, -0.25) is 14.9 Å². The van der Waals surface area contributed by atoms with Crippen molar-refractivity contribution in [2.24, 2.45) is 5.73 Å². The normalized spacial score (nSPS) is 12.4. The van der Waals surface area contributed by atoms with Gasteiger partial charge in [-0.15, -0.1) is 0 Å². The van der Waals surface area contributed by atoms with Gasteiger partial charge in [0.1, 0.15) is 22.2 Å². The molecule has 5 heterocycles. The van der Waals surface area contributed by atoms with Crippen LogP contribution in [0.25, 0.3) is 56.1 Å². The minimum absolute atomic E-state index is 0.117. The van der Waals surface area contributed by atoms with E-state index in [2.05, 4.69) is 30.5 Å². The third-order valence-electron chi connectivity index (χ3n) is 7.37. The van der Waals surface area contributed by atoms with Crippen molar-refractivity contribution >= 4 is 43.6 Å². The summed E-state index contributed by atoms with van der Waals surface area (Å²) in [5, 5.41) is 8.88. The molecule has 0 aliphatic rings. The van der Waals surface area contributed by atoms with Crippen LogP contribution in [0.2, 0.25) is 0 Å². The Bertz CT molecular complexity index is 2390. The van der Waals surface area contributed by atoms with Crippen LogP contribution in [0.15, 0.2) is 91.4 Å². The summed E-state index contributed by atoms with van der Waals surface area (Å²) < 4.78 is 38.8.